The number of nitrogens with two attached hydrogens (primary N) is 2. The number of rotatable bonds is 1. The van der Waals surface area contributed by atoms with Gasteiger partial charge in [-0.1, -0.05) is 12.1 Å². The fourth-order valence-corrected chi connectivity index (χ4v) is 3.05. The van der Waals surface area contributed by atoms with Gasteiger partial charge in [0.05, 0.1) is 11.3 Å². The van der Waals surface area contributed by atoms with E-state index in [9.17, 15) is 22.8 Å². The van der Waals surface area contributed by atoms with Gasteiger partial charge in [-0.3, -0.25) is 5.32 Å². The maximum absolute atomic E-state index is 15.0. The van der Waals surface area contributed by atoms with Crippen molar-refractivity contribution >= 4 is 23.3 Å². The van der Waals surface area contributed by atoms with Crippen molar-refractivity contribution in [2.24, 2.45) is 4.99 Å². The van der Waals surface area contributed by atoms with Crippen LogP contribution in [0.5, 0.6) is 0 Å². The van der Waals surface area contributed by atoms with E-state index in [2.05, 4.69) is 20.6 Å². The summed E-state index contributed by atoms with van der Waals surface area (Å²) < 4.78 is 55.1. The molecule has 8 nitrogen and oxygen atoms in total. The van der Waals surface area contributed by atoms with Crippen LogP contribution in [-0.2, 0) is 6.18 Å². The highest BCUT2D eigenvalue weighted by atomic mass is 19.4. The minimum absolute atomic E-state index is 0.0323. The summed E-state index contributed by atoms with van der Waals surface area (Å²) in [6.07, 6.45) is -3.35. The summed E-state index contributed by atoms with van der Waals surface area (Å²) in [6.45, 7) is 1.13. The van der Waals surface area contributed by atoms with E-state index >= 15 is 0 Å². The Balaban J connectivity index is 2.34. The van der Waals surface area contributed by atoms with Gasteiger partial charge in [-0.05, 0) is 12.5 Å². The molecule has 2 aromatic rings. The Morgan fingerprint density at radius 1 is 1.24 bits per heavy atom. The van der Waals surface area contributed by atoms with E-state index in [0.717, 1.165) is 19.1 Å². The fraction of sp³-hybridized carbons (Fsp3) is 0.176. The summed E-state index contributed by atoms with van der Waals surface area (Å²) in [5.41, 5.74) is 9.01. The lowest BCUT2D eigenvalue weighted by atomic mass is 9.92. The SMILES string of the molecule is Cc1ccc(C2N=C(NC#N)Nc3nc(N)c(C#N)c(N)c32)c(F)c1C(F)(F)F. The molecule has 0 aliphatic carbocycles. The molecule has 0 saturated heterocycles. The molecule has 29 heavy (non-hydrogen) atoms. The monoisotopic (exact) mass is 404 g/mol. The Morgan fingerprint density at radius 2 is 1.93 bits per heavy atom. The summed E-state index contributed by atoms with van der Waals surface area (Å²) in [6, 6.07) is 2.57. The zero-order chi connectivity index (χ0) is 21.5. The summed E-state index contributed by atoms with van der Waals surface area (Å²) >= 11 is 0. The van der Waals surface area contributed by atoms with E-state index in [1.165, 1.54) is 0 Å². The number of alkyl halides is 3. The van der Waals surface area contributed by atoms with Crippen molar-refractivity contribution in [2.45, 2.75) is 19.1 Å². The Hall–Kier alpha value is -4.06. The van der Waals surface area contributed by atoms with E-state index in [1.54, 1.807) is 12.3 Å². The van der Waals surface area contributed by atoms with Crippen LogP contribution in [0.1, 0.15) is 33.9 Å². The molecular weight excluding hydrogens is 392 g/mol. The predicted molar refractivity (Wildman–Crippen MR) is 95.6 cm³/mol. The van der Waals surface area contributed by atoms with Crippen molar-refractivity contribution in [3.63, 3.8) is 0 Å². The Kier molecular flexibility index (Phi) is 4.64. The maximum atomic E-state index is 15.0. The Labute approximate surface area is 161 Å². The first-order valence-corrected chi connectivity index (χ1v) is 7.95. The first-order valence-electron chi connectivity index (χ1n) is 7.95. The van der Waals surface area contributed by atoms with Crippen LogP contribution >= 0.6 is 0 Å². The number of aryl methyl sites for hydroxylation is 1. The zero-order valence-electron chi connectivity index (χ0n) is 14.7. The number of halogens is 4. The number of nitrogens with zero attached hydrogens (tertiary/aromatic N) is 4. The quantitative estimate of drug-likeness (QED) is 0.324. The normalized spacial score (nSPS) is 15.4. The third kappa shape index (κ3) is 3.21. The Bertz CT molecular complexity index is 1120. The topological polar surface area (TPSA) is 149 Å². The molecule has 0 amide bonds. The summed E-state index contributed by atoms with van der Waals surface area (Å²) in [5, 5.41) is 22.9. The van der Waals surface area contributed by atoms with Gasteiger partial charge >= 0.3 is 6.18 Å². The molecular formula is C17H12F4N8. The van der Waals surface area contributed by atoms with Gasteiger partial charge < -0.3 is 16.8 Å². The van der Waals surface area contributed by atoms with Gasteiger partial charge in [0.1, 0.15) is 35.1 Å². The number of hydrogen-bond acceptors (Lipinski definition) is 8. The van der Waals surface area contributed by atoms with Gasteiger partial charge in [-0.15, -0.1) is 0 Å². The molecule has 1 aliphatic heterocycles. The van der Waals surface area contributed by atoms with Crippen LogP contribution in [0.3, 0.4) is 0 Å². The number of anilines is 3. The van der Waals surface area contributed by atoms with Crippen LogP contribution in [0.2, 0.25) is 0 Å². The van der Waals surface area contributed by atoms with Crippen molar-refractivity contribution in [3.05, 3.63) is 45.8 Å². The van der Waals surface area contributed by atoms with Gasteiger partial charge in [-0.2, -0.15) is 23.7 Å². The van der Waals surface area contributed by atoms with E-state index in [0.29, 0.717) is 0 Å². The van der Waals surface area contributed by atoms with Gasteiger partial charge in [0, 0.05) is 11.1 Å². The van der Waals surface area contributed by atoms with Crippen molar-refractivity contribution < 1.29 is 17.6 Å². The number of guanidine groups is 1. The number of nitrogen functional groups attached to an aromatic ring is 2. The second-order valence-electron chi connectivity index (χ2n) is 6.06. The molecule has 1 atom stereocenters. The molecule has 0 fully saturated rings. The van der Waals surface area contributed by atoms with Crippen molar-refractivity contribution in [1.82, 2.24) is 10.3 Å². The van der Waals surface area contributed by atoms with Crippen molar-refractivity contribution in [2.75, 3.05) is 16.8 Å². The van der Waals surface area contributed by atoms with Crippen LogP contribution in [0.4, 0.5) is 34.9 Å². The average Bonchev–Trinajstić information content (AvgIpc) is 2.60. The highest BCUT2D eigenvalue weighted by Crippen LogP contribution is 2.43. The number of hydrogen-bond donors (Lipinski definition) is 4. The second-order valence-corrected chi connectivity index (χ2v) is 6.06. The zero-order valence-corrected chi connectivity index (χ0v) is 14.7. The van der Waals surface area contributed by atoms with Gasteiger partial charge in [0.15, 0.2) is 6.19 Å². The van der Waals surface area contributed by atoms with Crippen LogP contribution < -0.4 is 22.1 Å². The summed E-state index contributed by atoms with van der Waals surface area (Å²) in [4.78, 5) is 8.02. The molecule has 1 aliphatic rings. The lowest BCUT2D eigenvalue weighted by molar-refractivity contribution is -0.140. The fourth-order valence-electron chi connectivity index (χ4n) is 3.05. The Morgan fingerprint density at radius 3 is 2.52 bits per heavy atom. The largest absolute Gasteiger partial charge is 0.419 e. The number of aromatic nitrogens is 1. The smallest absolute Gasteiger partial charge is 0.397 e. The van der Waals surface area contributed by atoms with E-state index in [1.807, 2.05) is 0 Å². The molecule has 3 rings (SSSR count). The first kappa shape index (κ1) is 19.7. The molecule has 148 valence electrons. The molecule has 0 radical (unpaired) electrons. The summed E-state index contributed by atoms with van der Waals surface area (Å²) in [5.74, 6) is -2.04. The summed E-state index contributed by atoms with van der Waals surface area (Å²) in [7, 11) is 0. The van der Waals surface area contributed by atoms with Gasteiger partial charge in [0.2, 0.25) is 5.96 Å². The highest BCUT2D eigenvalue weighted by Gasteiger charge is 2.39. The number of nitriles is 2. The molecule has 1 aromatic carbocycles. The van der Waals surface area contributed by atoms with E-state index < -0.39 is 29.2 Å². The lowest BCUT2D eigenvalue weighted by Crippen LogP contribution is -2.33. The van der Waals surface area contributed by atoms with Gasteiger partial charge in [0.25, 0.3) is 0 Å². The molecule has 0 spiro atoms. The second kappa shape index (κ2) is 6.83. The molecule has 0 bridgehead atoms. The van der Waals surface area contributed by atoms with Crippen LogP contribution in [-0.4, -0.2) is 10.9 Å². The maximum Gasteiger partial charge on any atom is 0.419 e. The van der Waals surface area contributed by atoms with Crippen molar-refractivity contribution in [1.29, 1.82) is 10.5 Å². The molecule has 1 unspecified atom stereocenters. The first-order chi connectivity index (χ1) is 13.6. The van der Waals surface area contributed by atoms with Crippen molar-refractivity contribution in [3.8, 4) is 12.3 Å². The third-order valence-corrected chi connectivity index (χ3v) is 4.32. The lowest BCUT2D eigenvalue weighted by Gasteiger charge is -2.27. The number of fused-ring (bicyclic) bond motifs is 1. The van der Waals surface area contributed by atoms with E-state index in [4.69, 9.17) is 16.7 Å². The number of benzene rings is 1. The standard InChI is InChI=1S/C17H12F4N8/c1-6-2-3-7(11(18)10(6)17(19,20)21)13-9-12(24)8(4-22)14(25)28-15(9)29-16(27-13)26-5-23/h2-3,13H,1H3,(H6,24,25,26,27,28,29). The molecule has 12 heteroatoms. The predicted octanol–water partition coefficient (Wildman–Crippen LogP) is 2.53. The third-order valence-electron chi connectivity index (χ3n) is 4.32. The van der Waals surface area contributed by atoms with Gasteiger partial charge in [-0.25, -0.2) is 14.4 Å². The van der Waals surface area contributed by atoms with Crippen LogP contribution in [0.15, 0.2) is 17.1 Å². The number of aliphatic imine (C=N–C) groups is 1. The minimum atomic E-state index is -4.94. The molecule has 0 saturated carbocycles. The average molecular weight is 404 g/mol. The highest BCUT2D eigenvalue weighted by molar-refractivity contribution is 5.98. The molecule has 1 aromatic heterocycles. The van der Waals surface area contributed by atoms with E-state index in [-0.39, 0.29) is 40.0 Å². The van der Waals surface area contributed by atoms with Crippen LogP contribution in [0, 0.1) is 35.5 Å². The van der Waals surface area contributed by atoms with Crippen LogP contribution in [0.25, 0.3) is 0 Å². The molecule has 2 heterocycles. The number of nitrogens with one attached hydrogen (secondary N) is 2. The molecule has 6 N–H and O–H groups in total. The number of pyridine rings is 1. The minimum Gasteiger partial charge on any atom is -0.397 e.